The summed E-state index contributed by atoms with van der Waals surface area (Å²) in [7, 11) is 0. The van der Waals surface area contributed by atoms with Gasteiger partial charge in [0.2, 0.25) is 11.9 Å². The number of ether oxygens (including phenoxy) is 4. The molecule has 244 valence electrons. The Morgan fingerprint density at radius 3 is 1.52 bits per heavy atom. The highest BCUT2D eigenvalue weighted by Gasteiger charge is 2.47. The van der Waals surface area contributed by atoms with Gasteiger partial charge in [-0.1, -0.05) is 24.3 Å². The predicted octanol–water partition coefficient (Wildman–Crippen LogP) is 0.763. The zero-order valence-corrected chi connectivity index (χ0v) is 25.8. The highest BCUT2D eigenvalue weighted by atomic mass is 16.8. The van der Waals surface area contributed by atoms with Crippen LogP contribution >= 0.6 is 0 Å². The molecule has 4 aromatic rings. The van der Waals surface area contributed by atoms with E-state index in [1.165, 1.54) is 0 Å². The topological polar surface area (TPSA) is 236 Å². The minimum absolute atomic E-state index is 0.0321. The van der Waals surface area contributed by atoms with E-state index in [1.807, 2.05) is 52.0 Å². The quantitative estimate of drug-likeness (QED) is 0.137. The molecule has 0 amide bonds. The molecular weight excluding hydrogens is 596 g/mol. The third kappa shape index (κ3) is 5.74. The fourth-order valence-electron chi connectivity index (χ4n) is 6.51. The van der Waals surface area contributed by atoms with Gasteiger partial charge in [0.15, 0.2) is 11.6 Å². The summed E-state index contributed by atoms with van der Waals surface area (Å²) in [6, 6.07) is 0.0695. The average molecular weight is 635 g/mol. The summed E-state index contributed by atoms with van der Waals surface area (Å²) in [4.78, 5) is 43.3. The molecule has 6 heterocycles. The van der Waals surface area contributed by atoms with Crippen LogP contribution in [0.4, 0.5) is 11.9 Å². The van der Waals surface area contributed by atoms with Crippen LogP contribution in [0, 0.1) is 0 Å². The van der Waals surface area contributed by atoms with Crippen molar-refractivity contribution in [3.63, 3.8) is 0 Å². The lowest BCUT2D eigenvalue weighted by molar-refractivity contribution is -0.146. The van der Waals surface area contributed by atoms with Crippen LogP contribution in [0.2, 0.25) is 0 Å². The lowest BCUT2D eigenvalue weighted by Gasteiger charge is -2.21. The zero-order valence-electron chi connectivity index (χ0n) is 25.8. The molecule has 46 heavy (non-hydrogen) atoms. The number of hydrogen-bond donors (Lipinski definition) is 8. The van der Waals surface area contributed by atoms with Crippen molar-refractivity contribution in [1.29, 1.82) is 0 Å². The van der Waals surface area contributed by atoms with Crippen molar-refractivity contribution in [2.24, 2.45) is 0 Å². The number of nitrogens with two attached hydrogens (primary N) is 2. The number of fused-ring (bicyclic) bond motifs is 4. The molecule has 0 aromatic carbocycles. The summed E-state index contributed by atoms with van der Waals surface area (Å²) < 4.78 is 23.5. The van der Waals surface area contributed by atoms with Gasteiger partial charge in [-0.3, -0.25) is 19.6 Å². The van der Waals surface area contributed by atoms with Crippen LogP contribution in [0.3, 0.4) is 0 Å². The monoisotopic (exact) mass is 634 g/mol. The number of nitrogens with one attached hydrogen (secondary N) is 6. The van der Waals surface area contributed by atoms with Gasteiger partial charge in [-0.15, -0.1) is 0 Å². The van der Waals surface area contributed by atoms with Gasteiger partial charge in [0.25, 0.3) is 11.1 Å². The van der Waals surface area contributed by atoms with Crippen LogP contribution in [-0.4, -0.2) is 78.0 Å². The SMILES string of the molecule is CC1(C)O[C@@H]2C=CC(NCc3c[nH]c4nc(N)[nH]c(=O)c34)[C@@H]2O1.CC1(C)O[C@H]2C=CC(NCc3c[nH]c4nc(N)[nH]c(=O)c34)[C@H]2O1. The van der Waals surface area contributed by atoms with Crippen molar-refractivity contribution >= 4 is 34.0 Å². The first-order valence-corrected chi connectivity index (χ1v) is 15.1. The first-order chi connectivity index (χ1) is 21.9. The molecule has 2 unspecified atom stereocenters. The number of hydrogen-bond acceptors (Lipinski definition) is 12. The van der Waals surface area contributed by atoms with E-state index in [0.717, 1.165) is 11.1 Å². The van der Waals surface area contributed by atoms with Gasteiger partial charge in [-0.05, 0) is 38.8 Å². The highest BCUT2D eigenvalue weighted by molar-refractivity contribution is 5.80. The van der Waals surface area contributed by atoms with Crippen molar-refractivity contribution in [3.8, 4) is 0 Å². The van der Waals surface area contributed by atoms with Gasteiger partial charge >= 0.3 is 0 Å². The Bertz CT molecular complexity index is 1810. The predicted molar refractivity (Wildman–Crippen MR) is 169 cm³/mol. The van der Waals surface area contributed by atoms with E-state index in [1.54, 1.807) is 12.4 Å². The number of nitrogen functional groups attached to an aromatic ring is 2. The maximum atomic E-state index is 12.1. The average Bonchev–Trinajstić information content (AvgIpc) is 3.79. The molecule has 16 heteroatoms. The summed E-state index contributed by atoms with van der Waals surface area (Å²) in [5.41, 5.74) is 13.3. The van der Waals surface area contributed by atoms with E-state index in [0.29, 0.717) is 35.2 Å². The van der Waals surface area contributed by atoms with Gasteiger partial charge < -0.3 is 51.0 Å². The largest absolute Gasteiger partial charge is 0.369 e. The van der Waals surface area contributed by atoms with Crippen molar-refractivity contribution in [3.05, 3.63) is 68.5 Å². The van der Waals surface area contributed by atoms with E-state index in [2.05, 4.69) is 40.5 Å². The number of aromatic amines is 4. The van der Waals surface area contributed by atoms with E-state index in [9.17, 15) is 9.59 Å². The Kier molecular flexibility index (Phi) is 7.38. The minimum atomic E-state index is -0.570. The molecule has 4 aromatic heterocycles. The van der Waals surface area contributed by atoms with Crippen LogP contribution in [0.5, 0.6) is 0 Å². The Balaban J connectivity index is 0.000000147. The number of aromatic nitrogens is 6. The first kappa shape index (κ1) is 30.3. The molecule has 0 radical (unpaired) electrons. The van der Waals surface area contributed by atoms with Crippen molar-refractivity contribution < 1.29 is 18.9 Å². The second-order valence-corrected chi connectivity index (χ2v) is 12.7. The second kappa shape index (κ2) is 11.2. The summed E-state index contributed by atoms with van der Waals surface area (Å²) in [5, 5.41) is 7.85. The minimum Gasteiger partial charge on any atom is -0.369 e. The normalized spacial score (nSPS) is 28.5. The van der Waals surface area contributed by atoms with E-state index >= 15 is 0 Å². The van der Waals surface area contributed by atoms with Crippen molar-refractivity contribution in [2.75, 3.05) is 11.5 Å². The lowest BCUT2D eigenvalue weighted by atomic mass is 10.1. The summed E-state index contributed by atoms with van der Waals surface area (Å²) in [5.74, 6) is -0.938. The molecule has 8 rings (SSSR count). The zero-order chi connectivity index (χ0) is 32.4. The van der Waals surface area contributed by atoms with Crippen LogP contribution in [0.15, 0.2) is 46.3 Å². The van der Waals surface area contributed by atoms with E-state index in [4.69, 9.17) is 30.4 Å². The van der Waals surface area contributed by atoms with Gasteiger partial charge in [0, 0.05) is 25.5 Å². The molecule has 0 bridgehead atoms. The van der Waals surface area contributed by atoms with Crippen LogP contribution in [-0.2, 0) is 32.0 Å². The van der Waals surface area contributed by atoms with Gasteiger partial charge in [0.1, 0.15) is 35.7 Å². The van der Waals surface area contributed by atoms with Gasteiger partial charge in [-0.25, -0.2) is 0 Å². The maximum Gasteiger partial charge on any atom is 0.262 e. The van der Waals surface area contributed by atoms with E-state index < -0.39 is 11.6 Å². The number of H-pyrrole nitrogens is 4. The molecule has 2 saturated heterocycles. The molecule has 0 spiro atoms. The summed E-state index contributed by atoms with van der Waals surface area (Å²) in [6.45, 7) is 8.65. The number of rotatable bonds is 6. The third-order valence-electron chi connectivity index (χ3n) is 8.39. The highest BCUT2D eigenvalue weighted by Crippen LogP contribution is 2.35. The fraction of sp³-hybridized carbons (Fsp3) is 0.467. The molecule has 16 nitrogen and oxygen atoms in total. The van der Waals surface area contributed by atoms with Crippen molar-refractivity contribution in [2.45, 2.75) is 88.9 Å². The Morgan fingerprint density at radius 2 is 1.11 bits per heavy atom. The maximum absolute atomic E-state index is 12.1. The van der Waals surface area contributed by atoms with Gasteiger partial charge in [-0.2, -0.15) is 9.97 Å². The molecule has 2 aliphatic heterocycles. The lowest BCUT2D eigenvalue weighted by Crippen LogP contribution is -2.39. The standard InChI is InChI=1S/2C15H19N5O3/c2*1-15(2)22-9-4-3-8(11(9)23-15)17-5-7-6-18-12-10(7)13(21)20-14(16)19-12/h2*3-4,6,8-9,11,17H,5H2,1-2H3,(H4,16,18,19,20,21)/t2*8?,9-,11+/m10/s1. The Morgan fingerprint density at radius 1 is 0.696 bits per heavy atom. The fourth-order valence-corrected chi connectivity index (χ4v) is 6.51. The Hall–Kier alpha value is -4.32. The summed E-state index contributed by atoms with van der Waals surface area (Å²) >= 11 is 0. The molecular formula is C30H38N10O6. The third-order valence-corrected chi connectivity index (χ3v) is 8.39. The smallest absolute Gasteiger partial charge is 0.262 e. The molecule has 0 saturated carbocycles. The van der Waals surface area contributed by atoms with Gasteiger partial charge in [0.05, 0.1) is 22.9 Å². The Labute approximate surface area is 262 Å². The molecule has 2 aliphatic carbocycles. The molecule has 6 atom stereocenters. The number of anilines is 2. The van der Waals surface area contributed by atoms with Crippen molar-refractivity contribution in [1.82, 2.24) is 40.5 Å². The van der Waals surface area contributed by atoms with Crippen LogP contribution in [0.25, 0.3) is 22.1 Å². The second-order valence-electron chi connectivity index (χ2n) is 12.7. The van der Waals surface area contributed by atoms with E-state index in [-0.39, 0.29) is 59.5 Å². The first-order valence-electron chi connectivity index (χ1n) is 15.1. The summed E-state index contributed by atoms with van der Waals surface area (Å²) in [6.07, 6.45) is 11.5. The number of nitrogens with zero attached hydrogens (tertiary/aromatic N) is 2. The van der Waals surface area contributed by atoms with Crippen LogP contribution in [0.1, 0.15) is 38.8 Å². The molecule has 2 fully saturated rings. The molecule has 10 N–H and O–H groups in total. The molecule has 4 aliphatic rings. The van der Waals surface area contributed by atoms with Crippen LogP contribution < -0.4 is 33.2 Å².